The molecule has 1 aliphatic heterocycles. The normalized spacial score (nSPS) is 18.6. The lowest BCUT2D eigenvalue weighted by atomic mass is 10.2. The zero-order chi connectivity index (χ0) is 15.3. The molecule has 0 aliphatic carbocycles. The summed E-state index contributed by atoms with van der Waals surface area (Å²) in [5.74, 6) is -0.245. The van der Waals surface area contributed by atoms with Crippen molar-refractivity contribution in [2.45, 2.75) is 30.3 Å². The van der Waals surface area contributed by atoms with Crippen LogP contribution in [0.15, 0.2) is 29.2 Å². The average Bonchev–Trinajstić information content (AvgIpc) is 2.99. The van der Waals surface area contributed by atoms with Gasteiger partial charge in [-0.05, 0) is 43.5 Å². The molecular formula is C14H20N2O4S. The largest absolute Gasteiger partial charge is 0.378 e. The van der Waals surface area contributed by atoms with Gasteiger partial charge < -0.3 is 10.1 Å². The fraction of sp³-hybridized carbons (Fsp3) is 0.500. The van der Waals surface area contributed by atoms with Crippen LogP contribution in [0.1, 0.15) is 29.6 Å². The van der Waals surface area contributed by atoms with Crippen LogP contribution < -0.4 is 10.0 Å². The summed E-state index contributed by atoms with van der Waals surface area (Å²) in [6.07, 6.45) is 2.86. The Labute approximate surface area is 124 Å². The van der Waals surface area contributed by atoms with Gasteiger partial charge >= 0.3 is 0 Å². The minimum atomic E-state index is -3.54. The summed E-state index contributed by atoms with van der Waals surface area (Å²) in [4.78, 5) is 11.6. The van der Waals surface area contributed by atoms with E-state index in [9.17, 15) is 13.2 Å². The van der Waals surface area contributed by atoms with Crippen molar-refractivity contribution in [2.75, 3.05) is 20.2 Å². The summed E-state index contributed by atoms with van der Waals surface area (Å²) >= 11 is 0. The molecule has 1 aromatic carbocycles. The number of carbonyl (C=O) groups excluding carboxylic acids is 1. The highest BCUT2D eigenvalue weighted by molar-refractivity contribution is 7.89. The zero-order valence-electron chi connectivity index (χ0n) is 12.0. The quantitative estimate of drug-likeness (QED) is 0.817. The summed E-state index contributed by atoms with van der Waals surface area (Å²) in [6, 6.07) is 5.85. The zero-order valence-corrected chi connectivity index (χ0v) is 12.8. The van der Waals surface area contributed by atoms with Crippen LogP contribution in [-0.2, 0) is 14.8 Å². The molecule has 2 rings (SSSR count). The Morgan fingerprint density at radius 3 is 2.62 bits per heavy atom. The number of sulfonamides is 1. The lowest BCUT2D eigenvalue weighted by Crippen LogP contribution is -2.27. The molecular weight excluding hydrogens is 292 g/mol. The van der Waals surface area contributed by atoms with Gasteiger partial charge in [-0.2, -0.15) is 0 Å². The van der Waals surface area contributed by atoms with Crippen LogP contribution in [0.5, 0.6) is 0 Å². The Kier molecular flexibility index (Phi) is 5.33. The molecule has 6 nitrogen and oxygen atoms in total. The summed E-state index contributed by atoms with van der Waals surface area (Å²) in [5.41, 5.74) is 0.427. The maximum absolute atomic E-state index is 12.1. The van der Waals surface area contributed by atoms with Crippen LogP contribution in [0.3, 0.4) is 0 Å². The van der Waals surface area contributed by atoms with E-state index in [0.717, 1.165) is 19.4 Å². The van der Waals surface area contributed by atoms with Crippen molar-refractivity contribution in [3.05, 3.63) is 29.8 Å². The maximum atomic E-state index is 12.1. The molecule has 1 heterocycles. The van der Waals surface area contributed by atoms with E-state index in [1.165, 1.54) is 31.3 Å². The molecule has 2 N–H and O–H groups in total. The van der Waals surface area contributed by atoms with Crippen LogP contribution >= 0.6 is 0 Å². The molecule has 0 unspecified atom stereocenters. The second-order valence-corrected chi connectivity index (χ2v) is 6.69. The van der Waals surface area contributed by atoms with Crippen LogP contribution in [0.2, 0.25) is 0 Å². The molecule has 21 heavy (non-hydrogen) atoms. The van der Waals surface area contributed by atoms with E-state index >= 15 is 0 Å². The van der Waals surface area contributed by atoms with E-state index in [1.807, 2.05) is 0 Å². The van der Waals surface area contributed by atoms with Crippen molar-refractivity contribution in [1.29, 1.82) is 0 Å². The number of benzene rings is 1. The SMILES string of the molecule is CNC(=O)c1ccc(S(=O)(=O)NCC[C@H]2CCCO2)cc1. The number of amides is 1. The average molecular weight is 312 g/mol. The number of rotatable bonds is 6. The van der Waals surface area contributed by atoms with Gasteiger partial charge in [-0.3, -0.25) is 4.79 Å². The van der Waals surface area contributed by atoms with Crippen molar-refractivity contribution in [2.24, 2.45) is 0 Å². The van der Waals surface area contributed by atoms with Crippen LogP contribution in [0.4, 0.5) is 0 Å². The number of ether oxygens (including phenoxy) is 1. The molecule has 0 bridgehead atoms. The van der Waals surface area contributed by atoms with Crippen LogP contribution in [-0.4, -0.2) is 40.6 Å². The Morgan fingerprint density at radius 1 is 1.33 bits per heavy atom. The van der Waals surface area contributed by atoms with E-state index in [1.54, 1.807) is 0 Å². The molecule has 116 valence electrons. The Morgan fingerprint density at radius 2 is 2.05 bits per heavy atom. The maximum Gasteiger partial charge on any atom is 0.251 e. The van der Waals surface area contributed by atoms with Crippen molar-refractivity contribution in [3.8, 4) is 0 Å². The first-order valence-electron chi connectivity index (χ1n) is 6.96. The van der Waals surface area contributed by atoms with Crippen LogP contribution in [0, 0.1) is 0 Å². The fourth-order valence-corrected chi connectivity index (χ4v) is 3.29. The minimum Gasteiger partial charge on any atom is -0.378 e. The standard InChI is InChI=1S/C14H20N2O4S/c1-15-14(17)11-4-6-13(7-5-11)21(18,19)16-9-8-12-3-2-10-20-12/h4-7,12,16H,2-3,8-10H2,1H3,(H,15,17)/t12-/m1/s1. The Hall–Kier alpha value is -1.44. The third-order valence-electron chi connectivity index (χ3n) is 3.44. The summed E-state index contributed by atoms with van der Waals surface area (Å²) in [6.45, 7) is 1.11. The first kappa shape index (κ1) is 15.9. The van der Waals surface area contributed by atoms with Crippen molar-refractivity contribution >= 4 is 15.9 Å². The highest BCUT2D eigenvalue weighted by Gasteiger charge is 2.18. The van der Waals surface area contributed by atoms with Crippen molar-refractivity contribution < 1.29 is 17.9 Å². The number of hydrogen-bond donors (Lipinski definition) is 2. The topological polar surface area (TPSA) is 84.5 Å². The highest BCUT2D eigenvalue weighted by atomic mass is 32.2. The monoisotopic (exact) mass is 312 g/mol. The molecule has 0 spiro atoms. The van der Waals surface area contributed by atoms with E-state index in [-0.39, 0.29) is 16.9 Å². The van der Waals surface area contributed by atoms with Gasteiger partial charge in [0.05, 0.1) is 11.0 Å². The van der Waals surface area contributed by atoms with Gasteiger partial charge in [0, 0.05) is 25.8 Å². The second-order valence-electron chi connectivity index (χ2n) is 4.92. The van der Waals surface area contributed by atoms with Crippen molar-refractivity contribution in [1.82, 2.24) is 10.0 Å². The summed E-state index contributed by atoms with van der Waals surface area (Å²) in [5, 5.41) is 2.49. The molecule has 0 saturated carbocycles. The smallest absolute Gasteiger partial charge is 0.251 e. The van der Waals surface area contributed by atoms with E-state index in [0.29, 0.717) is 18.5 Å². The lowest BCUT2D eigenvalue weighted by Gasteiger charge is -2.11. The first-order chi connectivity index (χ1) is 10.0. The molecule has 1 aliphatic rings. The summed E-state index contributed by atoms with van der Waals surface area (Å²) < 4.78 is 32.2. The van der Waals surface area contributed by atoms with Crippen LogP contribution in [0.25, 0.3) is 0 Å². The third-order valence-corrected chi connectivity index (χ3v) is 4.91. The number of carbonyl (C=O) groups is 1. The third kappa shape index (κ3) is 4.26. The van der Waals surface area contributed by atoms with Gasteiger partial charge in [0.1, 0.15) is 0 Å². The lowest BCUT2D eigenvalue weighted by molar-refractivity contribution is 0.0963. The molecule has 1 atom stereocenters. The number of hydrogen-bond acceptors (Lipinski definition) is 4. The Bertz CT molecular complexity index is 577. The van der Waals surface area contributed by atoms with E-state index in [2.05, 4.69) is 10.0 Å². The molecule has 1 saturated heterocycles. The highest BCUT2D eigenvalue weighted by Crippen LogP contribution is 2.15. The Balaban J connectivity index is 1.93. The molecule has 7 heteroatoms. The first-order valence-corrected chi connectivity index (χ1v) is 8.44. The molecule has 0 radical (unpaired) electrons. The van der Waals surface area contributed by atoms with Gasteiger partial charge in [0.25, 0.3) is 5.91 Å². The second kappa shape index (κ2) is 7.02. The molecule has 1 fully saturated rings. The predicted molar refractivity (Wildman–Crippen MR) is 78.6 cm³/mol. The number of nitrogens with one attached hydrogen (secondary N) is 2. The minimum absolute atomic E-state index is 0.155. The van der Waals surface area contributed by atoms with Gasteiger partial charge in [0.15, 0.2) is 0 Å². The summed E-state index contributed by atoms with van der Waals surface area (Å²) in [7, 11) is -2.01. The fourth-order valence-electron chi connectivity index (χ4n) is 2.24. The van der Waals surface area contributed by atoms with Gasteiger partial charge in [-0.15, -0.1) is 0 Å². The van der Waals surface area contributed by atoms with Gasteiger partial charge in [0.2, 0.25) is 10.0 Å². The molecule has 0 aromatic heterocycles. The van der Waals surface area contributed by atoms with Gasteiger partial charge in [-0.25, -0.2) is 13.1 Å². The molecule has 1 amide bonds. The predicted octanol–water partition coefficient (Wildman–Crippen LogP) is 0.894. The van der Waals surface area contributed by atoms with Crippen molar-refractivity contribution in [3.63, 3.8) is 0 Å². The van der Waals surface area contributed by atoms with Gasteiger partial charge in [-0.1, -0.05) is 0 Å². The van der Waals surface area contributed by atoms with E-state index in [4.69, 9.17) is 4.74 Å². The molecule has 1 aromatic rings. The van der Waals surface area contributed by atoms with E-state index < -0.39 is 10.0 Å².